The first-order chi connectivity index (χ1) is 7.00. The van der Waals surface area contributed by atoms with Crippen LogP contribution in [-0.4, -0.2) is 28.1 Å². The molecule has 0 radical (unpaired) electrons. The minimum Gasteiger partial charge on any atom is -0.478 e. The second-order valence-corrected chi connectivity index (χ2v) is 3.37. The molecule has 1 atom stereocenters. The van der Waals surface area contributed by atoms with E-state index in [0.29, 0.717) is 10.7 Å². The summed E-state index contributed by atoms with van der Waals surface area (Å²) < 4.78 is 0. The number of nitrogens with zero attached hydrogens (tertiary/aromatic N) is 1. The lowest BCUT2D eigenvalue weighted by atomic mass is 10.1. The molecule has 6 heteroatoms. The predicted octanol–water partition coefficient (Wildman–Crippen LogP) is 1.97. The Kier molecular flexibility index (Phi) is 6.03. The van der Waals surface area contributed by atoms with Crippen molar-refractivity contribution in [2.24, 2.45) is 4.99 Å². The van der Waals surface area contributed by atoms with E-state index >= 15 is 0 Å². The zero-order valence-corrected chi connectivity index (χ0v) is 10.00. The SMILES string of the molecule is CC(=NC(O)C(=O)O)c1ccc(Cl)cc1.Cl. The van der Waals surface area contributed by atoms with Crippen LogP contribution in [0.1, 0.15) is 12.5 Å². The predicted molar refractivity (Wildman–Crippen MR) is 64.6 cm³/mol. The third-order valence-electron chi connectivity index (χ3n) is 1.80. The van der Waals surface area contributed by atoms with E-state index in [4.69, 9.17) is 21.8 Å². The van der Waals surface area contributed by atoms with Crippen LogP contribution < -0.4 is 0 Å². The summed E-state index contributed by atoms with van der Waals surface area (Å²) >= 11 is 5.69. The molecule has 0 spiro atoms. The lowest BCUT2D eigenvalue weighted by Gasteiger charge is -2.03. The summed E-state index contributed by atoms with van der Waals surface area (Å²) in [6.45, 7) is 1.62. The second kappa shape index (κ2) is 6.48. The maximum Gasteiger partial charge on any atom is 0.355 e. The molecule has 2 N–H and O–H groups in total. The monoisotopic (exact) mass is 263 g/mol. The van der Waals surface area contributed by atoms with Crippen molar-refractivity contribution in [3.63, 3.8) is 0 Å². The van der Waals surface area contributed by atoms with Gasteiger partial charge in [0.2, 0.25) is 6.23 Å². The Hall–Kier alpha value is -1.10. The van der Waals surface area contributed by atoms with Crippen LogP contribution in [0.2, 0.25) is 5.02 Å². The Morgan fingerprint density at radius 2 is 1.88 bits per heavy atom. The molecule has 0 aliphatic rings. The number of benzene rings is 1. The van der Waals surface area contributed by atoms with Crippen molar-refractivity contribution in [2.45, 2.75) is 13.2 Å². The quantitative estimate of drug-likeness (QED) is 0.820. The molecule has 0 bridgehead atoms. The van der Waals surface area contributed by atoms with Crippen LogP contribution in [-0.2, 0) is 4.79 Å². The van der Waals surface area contributed by atoms with E-state index < -0.39 is 12.2 Å². The topological polar surface area (TPSA) is 69.9 Å². The van der Waals surface area contributed by atoms with Gasteiger partial charge in [-0.2, -0.15) is 0 Å². The number of carboxylic acid groups (broad SMARTS) is 1. The minimum absolute atomic E-state index is 0. The highest BCUT2D eigenvalue weighted by molar-refractivity contribution is 6.30. The van der Waals surface area contributed by atoms with Gasteiger partial charge in [0.1, 0.15) is 0 Å². The van der Waals surface area contributed by atoms with E-state index in [1.54, 1.807) is 31.2 Å². The Balaban J connectivity index is 0.00000225. The molecule has 0 saturated heterocycles. The Labute approximate surface area is 104 Å². The highest BCUT2D eigenvalue weighted by Gasteiger charge is 2.11. The minimum atomic E-state index is -1.72. The first-order valence-corrected chi connectivity index (χ1v) is 4.59. The number of halogens is 2. The lowest BCUT2D eigenvalue weighted by molar-refractivity contribution is -0.146. The van der Waals surface area contributed by atoms with Crippen LogP contribution in [0.4, 0.5) is 0 Å². The van der Waals surface area contributed by atoms with Crippen LogP contribution in [0.5, 0.6) is 0 Å². The van der Waals surface area contributed by atoms with E-state index in [0.717, 1.165) is 5.56 Å². The number of hydrogen-bond acceptors (Lipinski definition) is 3. The maximum absolute atomic E-state index is 10.3. The van der Waals surface area contributed by atoms with E-state index in [2.05, 4.69) is 4.99 Å². The molecule has 0 fully saturated rings. The number of aliphatic carboxylic acids is 1. The molecular formula is C10H11Cl2NO3. The summed E-state index contributed by atoms with van der Waals surface area (Å²) in [7, 11) is 0. The molecule has 0 heterocycles. The van der Waals surface area contributed by atoms with Crippen molar-refractivity contribution in [2.75, 3.05) is 0 Å². The smallest absolute Gasteiger partial charge is 0.355 e. The molecular weight excluding hydrogens is 253 g/mol. The highest BCUT2D eigenvalue weighted by Crippen LogP contribution is 2.10. The zero-order chi connectivity index (χ0) is 11.4. The fourth-order valence-electron chi connectivity index (χ4n) is 1.00. The molecule has 0 amide bonds. The lowest BCUT2D eigenvalue weighted by Crippen LogP contribution is -2.18. The first-order valence-electron chi connectivity index (χ1n) is 4.22. The van der Waals surface area contributed by atoms with Crippen LogP contribution >= 0.6 is 24.0 Å². The Morgan fingerprint density at radius 1 is 1.38 bits per heavy atom. The summed E-state index contributed by atoms with van der Waals surface area (Å²) in [6, 6.07) is 6.75. The van der Waals surface area contributed by atoms with E-state index in [1.807, 2.05) is 0 Å². The zero-order valence-electron chi connectivity index (χ0n) is 8.42. The van der Waals surface area contributed by atoms with Gasteiger partial charge in [-0.1, -0.05) is 23.7 Å². The number of carbonyl (C=O) groups is 1. The van der Waals surface area contributed by atoms with Crippen LogP contribution in [0.25, 0.3) is 0 Å². The van der Waals surface area contributed by atoms with Crippen molar-refractivity contribution in [3.8, 4) is 0 Å². The molecule has 16 heavy (non-hydrogen) atoms. The van der Waals surface area contributed by atoms with Gasteiger partial charge in [0.15, 0.2) is 0 Å². The number of hydrogen-bond donors (Lipinski definition) is 2. The standard InChI is InChI=1S/C10H10ClNO3.ClH/c1-6(12-9(13)10(14)15)7-2-4-8(11)5-3-7;/h2-5,9,13H,1H3,(H,14,15);1H. The largest absolute Gasteiger partial charge is 0.478 e. The van der Waals surface area contributed by atoms with Gasteiger partial charge in [0.05, 0.1) is 0 Å². The summed E-state index contributed by atoms with van der Waals surface area (Å²) in [5, 5.41) is 18.0. The molecule has 1 aromatic carbocycles. The number of rotatable bonds is 3. The summed E-state index contributed by atoms with van der Waals surface area (Å²) in [4.78, 5) is 13.9. The van der Waals surface area contributed by atoms with Crippen molar-refractivity contribution in [1.29, 1.82) is 0 Å². The number of aliphatic hydroxyl groups is 1. The van der Waals surface area contributed by atoms with E-state index in [9.17, 15) is 4.79 Å². The summed E-state index contributed by atoms with van der Waals surface area (Å²) in [6.07, 6.45) is -1.72. The second-order valence-electron chi connectivity index (χ2n) is 2.93. The molecule has 0 saturated carbocycles. The maximum atomic E-state index is 10.3. The van der Waals surface area contributed by atoms with Gasteiger partial charge in [-0.05, 0) is 24.6 Å². The van der Waals surface area contributed by atoms with E-state index in [-0.39, 0.29) is 12.4 Å². The van der Waals surface area contributed by atoms with Crippen LogP contribution in [0.3, 0.4) is 0 Å². The average molecular weight is 264 g/mol. The molecule has 88 valence electrons. The van der Waals surface area contributed by atoms with Gasteiger partial charge in [-0.15, -0.1) is 12.4 Å². The normalized spacial score (nSPS) is 12.8. The molecule has 1 aromatic rings. The van der Waals surface area contributed by atoms with Gasteiger partial charge in [0.25, 0.3) is 0 Å². The molecule has 1 rings (SSSR count). The summed E-state index contributed by atoms with van der Waals surface area (Å²) in [5.74, 6) is -1.37. The van der Waals surface area contributed by atoms with Crippen LogP contribution in [0, 0.1) is 0 Å². The third kappa shape index (κ3) is 4.18. The number of aliphatic imine (C=N–C) groups is 1. The fourth-order valence-corrected chi connectivity index (χ4v) is 1.13. The van der Waals surface area contributed by atoms with Gasteiger partial charge < -0.3 is 10.2 Å². The molecule has 0 aliphatic heterocycles. The number of aliphatic hydroxyl groups excluding tert-OH is 1. The van der Waals surface area contributed by atoms with Gasteiger partial charge >= 0.3 is 5.97 Å². The van der Waals surface area contributed by atoms with Gasteiger partial charge in [0, 0.05) is 10.7 Å². The van der Waals surface area contributed by atoms with Crippen molar-refractivity contribution in [3.05, 3.63) is 34.9 Å². The van der Waals surface area contributed by atoms with Crippen LogP contribution in [0.15, 0.2) is 29.3 Å². The molecule has 1 unspecified atom stereocenters. The molecule has 4 nitrogen and oxygen atoms in total. The molecule has 0 aliphatic carbocycles. The average Bonchev–Trinajstić information content (AvgIpc) is 2.18. The van der Waals surface area contributed by atoms with Crippen molar-refractivity contribution in [1.82, 2.24) is 0 Å². The first kappa shape index (κ1) is 14.9. The Morgan fingerprint density at radius 3 is 2.31 bits per heavy atom. The fraction of sp³-hybridized carbons (Fsp3) is 0.200. The third-order valence-corrected chi connectivity index (χ3v) is 2.05. The van der Waals surface area contributed by atoms with Crippen molar-refractivity contribution < 1.29 is 15.0 Å². The van der Waals surface area contributed by atoms with E-state index in [1.165, 1.54) is 0 Å². The van der Waals surface area contributed by atoms with Gasteiger partial charge in [-0.3, -0.25) is 0 Å². The number of carboxylic acids is 1. The summed E-state index contributed by atoms with van der Waals surface area (Å²) in [5.41, 5.74) is 1.17. The van der Waals surface area contributed by atoms with Crippen molar-refractivity contribution >= 4 is 35.7 Å². The van der Waals surface area contributed by atoms with Gasteiger partial charge in [-0.25, -0.2) is 9.79 Å². The Bertz CT molecular complexity index is 390. The molecule has 0 aromatic heterocycles. The highest BCUT2D eigenvalue weighted by atomic mass is 35.5.